The van der Waals surface area contributed by atoms with Gasteiger partial charge in [0.1, 0.15) is 0 Å². The molecule has 1 amide bonds. The number of carbonyl (C=O) groups excluding carboxylic acids is 1. The summed E-state index contributed by atoms with van der Waals surface area (Å²) in [6, 6.07) is 15.2. The van der Waals surface area contributed by atoms with Crippen LogP contribution < -0.4 is 0 Å². The van der Waals surface area contributed by atoms with Crippen molar-refractivity contribution < 1.29 is 23.5 Å². The Hall–Kier alpha value is -2.41. The number of rotatable bonds is 5. The third-order valence-electron chi connectivity index (χ3n) is 4.97. The average molecular weight is 391 g/mol. The first-order valence-corrected chi connectivity index (χ1v) is 9.43. The highest BCUT2D eigenvalue weighted by molar-refractivity contribution is 7.99. The molecule has 1 heterocycles. The van der Waals surface area contributed by atoms with Crippen molar-refractivity contribution in [3.8, 4) is 0 Å². The van der Waals surface area contributed by atoms with Crippen molar-refractivity contribution in [2.24, 2.45) is 0 Å². The minimum atomic E-state index is -2.50. The van der Waals surface area contributed by atoms with Gasteiger partial charge in [0, 0.05) is 23.5 Å². The van der Waals surface area contributed by atoms with E-state index in [1.54, 1.807) is 4.90 Å². The van der Waals surface area contributed by atoms with E-state index in [2.05, 4.69) is 0 Å². The van der Waals surface area contributed by atoms with Gasteiger partial charge in [-0.1, -0.05) is 42.1 Å². The van der Waals surface area contributed by atoms with E-state index >= 15 is 0 Å². The van der Waals surface area contributed by atoms with E-state index in [1.807, 2.05) is 30.3 Å². The molecule has 7 heteroatoms. The van der Waals surface area contributed by atoms with E-state index in [0.717, 1.165) is 5.56 Å². The number of benzene rings is 2. The van der Waals surface area contributed by atoms with Crippen molar-refractivity contribution in [2.75, 3.05) is 13.1 Å². The van der Waals surface area contributed by atoms with Gasteiger partial charge in [0.15, 0.2) is 0 Å². The summed E-state index contributed by atoms with van der Waals surface area (Å²) in [5.41, 5.74) is 0.171. The Kier molecular flexibility index (Phi) is 5.79. The Bertz CT molecular complexity index is 804. The van der Waals surface area contributed by atoms with Gasteiger partial charge in [0.05, 0.1) is 5.41 Å². The third kappa shape index (κ3) is 4.13. The minimum Gasteiger partial charge on any atom is -0.481 e. The first kappa shape index (κ1) is 19.4. The summed E-state index contributed by atoms with van der Waals surface area (Å²) >= 11 is 0.431. The fraction of sp³-hybridized carbons (Fsp3) is 0.300. The molecule has 0 aromatic heterocycles. The quantitative estimate of drug-likeness (QED) is 0.774. The van der Waals surface area contributed by atoms with E-state index in [0.29, 0.717) is 48.2 Å². The van der Waals surface area contributed by atoms with Crippen LogP contribution >= 0.6 is 11.8 Å². The van der Waals surface area contributed by atoms with Crippen LogP contribution in [-0.4, -0.2) is 40.7 Å². The molecule has 2 aromatic carbocycles. The monoisotopic (exact) mass is 391 g/mol. The number of carbonyl (C=O) groups is 2. The molecular formula is C20H19F2NO3S. The molecule has 1 fully saturated rings. The number of hydrogen-bond donors (Lipinski definition) is 1. The first-order valence-electron chi connectivity index (χ1n) is 8.55. The molecular weight excluding hydrogens is 372 g/mol. The lowest BCUT2D eigenvalue weighted by Gasteiger charge is -2.39. The van der Waals surface area contributed by atoms with Gasteiger partial charge in [-0.25, -0.2) is 0 Å². The van der Waals surface area contributed by atoms with Gasteiger partial charge in [-0.2, -0.15) is 8.78 Å². The number of carboxylic acid groups (broad SMARTS) is 1. The predicted molar refractivity (Wildman–Crippen MR) is 99.2 cm³/mol. The van der Waals surface area contributed by atoms with Gasteiger partial charge in [-0.3, -0.25) is 9.59 Å². The maximum absolute atomic E-state index is 12.7. The molecule has 0 aliphatic carbocycles. The van der Waals surface area contributed by atoms with E-state index < -0.39 is 17.1 Å². The lowest BCUT2D eigenvalue weighted by Crippen LogP contribution is -2.49. The fourth-order valence-corrected chi connectivity index (χ4v) is 3.94. The number of carboxylic acids is 1. The number of nitrogens with zero attached hydrogens (tertiary/aromatic N) is 1. The Balaban J connectivity index is 1.71. The minimum absolute atomic E-state index is 0.212. The average Bonchev–Trinajstić information content (AvgIpc) is 2.68. The smallest absolute Gasteiger partial charge is 0.314 e. The molecule has 0 spiro atoms. The molecule has 2 aromatic rings. The van der Waals surface area contributed by atoms with Gasteiger partial charge < -0.3 is 10.0 Å². The lowest BCUT2D eigenvalue weighted by atomic mass is 9.73. The summed E-state index contributed by atoms with van der Waals surface area (Å²) < 4.78 is 24.8. The Labute approximate surface area is 160 Å². The number of halogens is 2. The highest BCUT2D eigenvalue weighted by atomic mass is 32.2. The Morgan fingerprint density at radius 1 is 1.00 bits per heavy atom. The summed E-state index contributed by atoms with van der Waals surface area (Å²) in [5.74, 6) is -3.60. The van der Waals surface area contributed by atoms with Crippen molar-refractivity contribution in [1.29, 1.82) is 0 Å². The van der Waals surface area contributed by atoms with E-state index in [4.69, 9.17) is 0 Å². The summed E-state index contributed by atoms with van der Waals surface area (Å²) in [6.07, 6.45) is 0.662. The number of amides is 1. The summed E-state index contributed by atoms with van der Waals surface area (Å²) in [5, 5.41) is 9.82. The van der Waals surface area contributed by atoms with E-state index in [9.17, 15) is 23.5 Å². The standard InChI is InChI=1S/C20H19F2NO3S/c21-19(22)27-16-8-6-14(7-9-16)17(24)23-12-10-20(11-13-23,18(25)26)15-4-2-1-3-5-15/h1-9,19H,10-13H2,(H,25,26). The Morgan fingerprint density at radius 2 is 1.59 bits per heavy atom. The summed E-state index contributed by atoms with van der Waals surface area (Å²) in [6.45, 7) is 0.654. The maximum Gasteiger partial charge on any atom is 0.314 e. The number of aliphatic carboxylic acids is 1. The van der Waals surface area contributed by atoms with Gasteiger partial charge in [0.2, 0.25) is 0 Å². The second kappa shape index (κ2) is 8.08. The number of alkyl halides is 2. The van der Waals surface area contributed by atoms with Crippen molar-refractivity contribution in [2.45, 2.75) is 28.9 Å². The largest absolute Gasteiger partial charge is 0.481 e. The highest BCUT2D eigenvalue weighted by Crippen LogP contribution is 2.36. The molecule has 1 aliphatic heterocycles. The fourth-order valence-electron chi connectivity index (χ4n) is 3.44. The first-order chi connectivity index (χ1) is 12.9. The summed E-state index contributed by atoms with van der Waals surface area (Å²) in [7, 11) is 0. The van der Waals surface area contributed by atoms with Crippen molar-refractivity contribution >= 4 is 23.6 Å². The van der Waals surface area contributed by atoms with Gasteiger partial charge in [0.25, 0.3) is 11.7 Å². The van der Waals surface area contributed by atoms with E-state index in [1.165, 1.54) is 24.3 Å². The third-order valence-corrected chi connectivity index (χ3v) is 5.69. The molecule has 0 radical (unpaired) electrons. The van der Waals surface area contributed by atoms with Crippen LogP contribution in [0.25, 0.3) is 0 Å². The number of likely N-dealkylation sites (tertiary alicyclic amines) is 1. The molecule has 142 valence electrons. The van der Waals surface area contributed by atoms with Gasteiger partial charge >= 0.3 is 5.97 Å². The molecule has 0 unspecified atom stereocenters. The zero-order chi connectivity index (χ0) is 19.4. The van der Waals surface area contributed by atoms with Crippen molar-refractivity contribution in [3.05, 3.63) is 65.7 Å². The predicted octanol–water partition coefficient (Wildman–Crippen LogP) is 4.26. The Morgan fingerprint density at radius 3 is 2.11 bits per heavy atom. The maximum atomic E-state index is 12.7. The van der Waals surface area contributed by atoms with Crippen LogP contribution in [-0.2, 0) is 10.2 Å². The number of piperidine rings is 1. The normalized spacial score (nSPS) is 16.3. The molecule has 3 rings (SSSR count). The van der Waals surface area contributed by atoms with Crippen LogP contribution in [0.4, 0.5) is 8.78 Å². The molecule has 0 saturated carbocycles. The second-order valence-corrected chi connectivity index (χ2v) is 7.51. The van der Waals surface area contributed by atoms with Gasteiger partial charge in [-0.15, -0.1) is 0 Å². The topological polar surface area (TPSA) is 57.6 Å². The molecule has 1 N–H and O–H groups in total. The molecule has 1 saturated heterocycles. The van der Waals surface area contributed by atoms with Crippen molar-refractivity contribution in [3.63, 3.8) is 0 Å². The van der Waals surface area contributed by atoms with E-state index in [-0.39, 0.29) is 5.91 Å². The van der Waals surface area contributed by atoms with Crippen LogP contribution in [0, 0.1) is 0 Å². The SMILES string of the molecule is O=C(c1ccc(SC(F)F)cc1)N1CCC(C(=O)O)(c2ccccc2)CC1. The highest BCUT2D eigenvalue weighted by Gasteiger charge is 2.43. The number of thioether (sulfide) groups is 1. The van der Waals surface area contributed by atoms with Crippen LogP contribution in [0.2, 0.25) is 0 Å². The molecule has 0 bridgehead atoms. The van der Waals surface area contributed by atoms with Gasteiger partial charge in [-0.05, 0) is 42.7 Å². The lowest BCUT2D eigenvalue weighted by molar-refractivity contribution is -0.145. The second-order valence-electron chi connectivity index (χ2n) is 6.45. The van der Waals surface area contributed by atoms with Crippen LogP contribution in [0.5, 0.6) is 0 Å². The number of hydrogen-bond acceptors (Lipinski definition) is 3. The van der Waals surface area contributed by atoms with Crippen LogP contribution in [0.3, 0.4) is 0 Å². The van der Waals surface area contributed by atoms with Crippen molar-refractivity contribution in [1.82, 2.24) is 4.90 Å². The summed E-state index contributed by atoms with van der Waals surface area (Å²) in [4.78, 5) is 26.7. The zero-order valence-electron chi connectivity index (χ0n) is 14.5. The molecule has 4 nitrogen and oxygen atoms in total. The molecule has 1 aliphatic rings. The van der Waals surface area contributed by atoms with Crippen LogP contribution in [0.15, 0.2) is 59.5 Å². The molecule has 27 heavy (non-hydrogen) atoms. The molecule has 0 atom stereocenters. The van der Waals surface area contributed by atoms with Crippen LogP contribution in [0.1, 0.15) is 28.8 Å². The zero-order valence-corrected chi connectivity index (χ0v) is 15.3.